The molecule has 1 fully saturated rings. The van der Waals surface area contributed by atoms with Gasteiger partial charge in [-0.25, -0.2) is 0 Å². The molecular formula is C20H42N4O. The Kier molecular flexibility index (Phi) is 12.8. The SMILES string of the molecule is CCCN(CCC)CCCN=C(NCC)N(C)CCC1CCOCC1. The Labute approximate surface area is 156 Å². The number of nitrogens with zero attached hydrogens (tertiary/aromatic N) is 3. The van der Waals surface area contributed by atoms with Gasteiger partial charge in [-0.2, -0.15) is 0 Å². The molecule has 0 aromatic heterocycles. The Morgan fingerprint density at radius 1 is 1.04 bits per heavy atom. The van der Waals surface area contributed by atoms with Gasteiger partial charge in [0.25, 0.3) is 0 Å². The zero-order valence-electron chi connectivity index (χ0n) is 17.2. The first-order chi connectivity index (χ1) is 12.2. The molecule has 1 aliphatic heterocycles. The molecule has 0 atom stereocenters. The van der Waals surface area contributed by atoms with Gasteiger partial charge >= 0.3 is 0 Å². The van der Waals surface area contributed by atoms with Crippen LogP contribution in [0, 0.1) is 5.92 Å². The summed E-state index contributed by atoms with van der Waals surface area (Å²) in [5.41, 5.74) is 0. The van der Waals surface area contributed by atoms with Crippen LogP contribution in [-0.4, -0.2) is 75.3 Å². The molecule has 0 unspecified atom stereocenters. The third kappa shape index (κ3) is 10.0. The summed E-state index contributed by atoms with van der Waals surface area (Å²) in [6.07, 6.45) is 7.29. The second-order valence-electron chi connectivity index (χ2n) is 7.20. The fourth-order valence-electron chi connectivity index (χ4n) is 3.43. The summed E-state index contributed by atoms with van der Waals surface area (Å²) in [4.78, 5) is 9.72. The number of rotatable bonds is 12. The van der Waals surface area contributed by atoms with Gasteiger partial charge in [0.1, 0.15) is 0 Å². The van der Waals surface area contributed by atoms with Crippen LogP contribution in [0.15, 0.2) is 4.99 Å². The fraction of sp³-hybridized carbons (Fsp3) is 0.950. The predicted molar refractivity (Wildman–Crippen MR) is 108 cm³/mol. The standard InChI is InChI=1S/C20H42N4O/c1-5-13-24(14-6-2)15-8-12-22-20(21-7-3)23(4)16-9-19-10-17-25-18-11-19/h19H,5-18H2,1-4H3,(H,21,22). The normalized spacial score (nSPS) is 16.4. The predicted octanol–water partition coefficient (Wildman–Crippen LogP) is 3.21. The summed E-state index contributed by atoms with van der Waals surface area (Å²) in [5, 5.41) is 3.45. The van der Waals surface area contributed by atoms with Gasteiger partial charge < -0.3 is 19.9 Å². The van der Waals surface area contributed by atoms with Gasteiger partial charge in [0.2, 0.25) is 0 Å². The Balaban J connectivity index is 2.35. The molecule has 1 heterocycles. The van der Waals surface area contributed by atoms with E-state index in [2.05, 4.69) is 42.9 Å². The molecule has 5 nitrogen and oxygen atoms in total. The second kappa shape index (κ2) is 14.4. The van der Waals surface area contributed by atoms with Crippen molar-refractivity contribution in [2.75, 3.05) is 59.5 Å². The third-order valence-electron chi connectivity index (χ3n) is 4.88. The highest BCUT2D eigenvalue weighted by Crippen LogP contribution is 2.18. The van der Waals surface area contributed by atoms with Crippen molar-refractivity contribution in [2.45, 2.75) is 59.3 Å². The molecule has 0 aromatic rings. The zero-order chi connectivity index (χ0) is 18.3. The molecule has 148 valence electrons. The largest absolute Gasteiger partial charge is 0.381 e. The number of nitrogens with one attached hydrogen (secondary N) is 1. The van der Waals surface area contributed by atoms with Crippen LogP contribution in [0.5, 0.6) is 0 Å². The van der Waals surface area contributed by atoms with Crippen molar-refractivity contribution < 1.29 is 4.74 Å². The first-order valence-corrected chi connectivity index (χ1v) is 10.5. The first-order valence-electron chi connectivity index (χ1n) is 10.5. The summed E-state index contributed by atoms with van der Waals surface area (Å²) in [5.74, 6) is 1.88. The van der Waals surface area contributed by atoms with Crippen LogP contribution in [0.3, 0.4) is 0 Å². The monoisotopic (exact) mass is 354 g/mol. The number of ether oxygens (including phenoxy) is 1. The molecule has 0 aliphatic carbocycles. The van der Waals surface area contributed by atoms with Gasteiger partial charge in [0.05, 0.1) is 0 Å². The van der Waals surface area contributed by atoms with Crippen LogP contribution in [0.4, 0.5) is 0 Å². The van der Waals surface area contributed by atoms with Crippen LogP contribution in [0.2, 0.25) is 0 Å². The Morgan fingerprint density at radius 3 is 2.32 bits per heavy atom. The van der Waals surface area contributed by atoms with Crippen molar-refractivity contribution in [1.82, 2.24) is 15.1 Å². The molecule has 0 saturated carbocycles. The molecule has 5 heteroatoms. The molecule has 1 rings (SSSR count). The van der Waals surface area contributed by atoms with Gasteiger partial charge in [0.15, 0.2) is 5.96 Å². The van der Waals surface area contributed by atoms with Crippen molar-refractivity contribution in [3.05, 3.63) is 0 Å². The molecule has 0 spiro atoms. The summed E-state index contributed by atoms with van der Waals surface area (Å²) < 4.78 is 5.46. The van der Waals surface area contributed by atoms with Crippen LogP contribution in [0.25, 0.3) is 0 Å². The lowest BCUT2D eigenvalue weighted by atomic mass is 9.96. The lowest BCUT2D eigenvalue weighted by Crippen LogP contribution is -2.40. The van der Waals surface area contributed by atoms with E-state index in [-0.39, 0.29) is 0 Å². The highest BCUT2D eigenvalue weighted by atomic mass is 16.5. The molecule has 1 N–H and O–H groups in total. The van der Waals surface area contributed by atoms with Crippen LogP contribution in [-0.2, 0) is 4.74 Å². The van der Waals surface area contributed by atoms with E-state index in [1.54, 1.807) is 0 Å². The van der Waals surface area contributed by atoms with Crippen LogP contribution in [0.1, 0.15) is 59.3 Å². The van der Waals surface area contributed by atoms with Crippen LogP contribution >= 0.6 is 0 Å². The van der Waals surface area contributed by atoms with Gasteiger partial charge in [0, 0.05) is 39.9 Å². The first kappa shape index (κ1) is 22.2. The highest BCUT2D eigenvalue weighted by Gasteiger charge is 2.15. The number of hydrogen-bond acceptors (Lipinski definition) is 3. The van der Waals surface area contributed by atoms with E-state index in [1.807, 2.05) is 0 Å². The molecule has 1 saturated heterocycles. The topological polar surface area (TPSA) is 40.1 Å². The van der Waals surface area contributed by atoms with Crippen molar-refractivity contribution in [3.8, 4) is 0 Å². The maximum absolute atomic E-state index is 5.46. The number of hydrogen-bond donors (Lipinski definition) is 1. The molecule has 25 heavy (non-hydrogen) atoms. The van der Waals surface area contributed by atoms with Crippen molar-refractivity contribution in [2.24, 2.45) is 10.9 Å². The summed E-state index contributed by atoms with van der Waals surface area (Å²) in [6.45, 7) is 15.0. The molecular weight excluding hydrogens is 312 g/mol. The van der Waals surface area contributed by atoms with Gasteiger partial charge in [-0.15, -0.1) is 0 Å². The lowest BCUT2D eigenvalue weighted by Gasteiger charge is -2.27. The minimum atomic E-state index is 0.815. The third-order valence-corrected chi connectivity index (χ3v) is 4.88. The van der Waals surface area contributed by atoms with Gasteiger partial charge in [-0.05, 0) is 71.0 Å². The quantitative estimate of drug-likeness (QED) is 0.332. The van der Waals surface area contributed by atoms with E-state index in [0.29, 0.717) is 0 Å². The summed E-state index contributed by atoms with van der Waals surface area (Å²) >= 11 is 0. The van der Waals surface area contributed by atoms with Crippen LogP contribution < -0.4 is 5.32 Å². The van der Waals surface area contributed by atoms with E-state index >= 15 is 0 Å². The average Bonchev–Trinajstić information content (AvgIpc) is 2.63. The maximum Gasteiger partial charge on any atom is 0.193 e. The minimum Gasteiger partial charge on any atom is -0.381 e. The second-order valence-corrected chi connectivity index (χ2v) is 7.20. The van der Waals surface area contributed by atoms with E-state index in [9.17, 15) is 0 Å². The average molecular weight is 355 g/mol. The van der Waals surface area contributed by atoms with E-state index in [0.717, 1.165) is 57.7 Å². The molecule has 0 aromatic carbocycles. The van der Waals surface area contributed by atoms with E-state index in [1.165, 1.54) is 45.2 Å². The van der Waals surface area contributed by atoms with E-state index in [4.69, 9.17) is 9.73 Å². The Hall–Kier alpha value is -0.810. The minimum absolute atomic E-state index is 0.815. The van der Waals surface area contributed by atoms with Gasteiger partial charge in [-0.3, -0.25) is 4.99 Å². The fourth-order valence-corrected chi connectivity index (χ4v) is 3.43. The van der Waals surface area contributed by atoms with Crippen molar-refractivity contribution in [3.63, 3.8) is 0 Å². The smallest absolute Gasteiger partial charge is 0.193 e. The number of aliphatic imine (C=N–C) groups is 1. The highest BCUT2D eigenvalue weighted by molar-refractivity contribution is 5.79. The summed E-state index contributed by atoms with van der Waals surface area (Å²) in [6, 6.07) is 0. The van der Waals surface area contributed by atoms with Crippen molar-refractivity contribution >= 4 is 5.96 Å². The lowest BCUT2D eigenvalue weighted by molar-refractivity contribution is 0.0625. The molecule has 0 amide bonds. The molecule has 0 bridgehead atoms. The molecule has 1 aliphatic rings. The van der Waals surface area contributed by atoms with Gasteiger partial charge in [-0.1, -0.05) is 13.8 Å². The van der Waals surface area contributed by atoms with E-state index < -0.39 is 0 Å². The Bertz CT molecular complexity index is 337. The number of guanidine groups is 1. The van der Waals surface area contributed by atoms with Crippen molar-refractivity contribution in [1.29, 1.82) is 0 Å². The maximum atomic E-state index is 5.46. The summed E-state index contributed by atoms with van der Waals surface area (Å²) in [7, 11) is 2.17. The molecule has 0 radical (unpaired) electrons. The Morgan fingerprint density at radius 2 is 1.72 bits per heavy atom. The zero-order valence-corrected chi connectivity index (χ0v) is 17.2.